The maximum atomic E-state index is 12.4. The summed E-state index contributed by atoms with van der Waals surface area (Å²) in [6.07, 6.45) is 1.76. The number of hydrogen-bond donors (Lipinski definition) is 2. The molecule has 1 aromatic heterocycles. The van der Waals surface area contributed by atoms with Gasteiger partial charge >= 0.3 is 0 Å². The number of likely N-dealkylation sites (tertiary alicyclic amines) is 1. The monoisotopic (exact) mass is 292 g/mol. The van der Waals surface area contributed by atoms with Gasteiger partial charge in [0.15, 0.2) is 0 Å². The van der Waals surface area contributed by atoms with Gasteiger partial charge in [-0.3, -0.25) is 4.79 Å². The molecule has 0 atom stereocenters. The zero-order valence-corrected chi connectivity index (χ0v) is 12.5. The van der Waals surface area contributed by atoms with E-state index in [2.05, 4.69) is 11.8 Å². The lowest BCUT2D eigenvalue weighted by molar-refractivity contribution is 0.0655. The van der Waals surface area contributed by atoms with Gasteiger partial charge in [0.05, 0.1) is 16.3 Å². The third-order valence-electron chi connectivity index (χ3n) is 3.59. The van der Waals surface area contributed by atoms with Crippen LogP contribution in [0.1, 0.15) is 33.0 Å². The number of rotatable bonds is 2. The second kappa shape index (κ2) is 6.89. The predicted molar refractivity (Wildman–Crippen MR) is 80.7 cm³/mol. The summed E-state index contributed by atoms with van der Waals surface area (Å²) < 4.78 is 0. The van der Waals surface area contributed by atoms with Crippen LogP contribution in [0.2, 0.25) is 0 Å². The van der Waals surface area contributed by atoms with Gasteiger partial charge in [0.25, 0.3) is 5.91 Å². The Kier molecular flexibility index (Phi) is 5.18. The van der Waals surface area contributed by atoms with Crippen molar-refractivity contribution in [1.29, 1.82) is 0 Å². The molecular formula is C15H20N2O2S. The molecule has 0 bridgehead atoms. The van der Waals surface area contributed by atoms with Crippen LogP contribution in [0.15, 0.2) is 6.07 Å². The number of aliphatic hydroxyl groups excluding tert-OH is 1. The lowest BCUT2D eigenvalue weighted by Gasteiger charge is -2.30. The van der Waals surface area contributed by atoms with E-state index >= 15 is 0 Å². The molecular weight excluding hydrogens is 272 g/mol. The summed E-state index contributed by atoms with van der Waals surface area (Å²) in [5, 5.41) is 9.13. The zero-order valence-electron chi connectivity index (χ0n) is 11.7. The number of aliphatic hydroxyl groups is 1. The summed E-state index contributed by atoms with van der Waals surface area (Å²) in [5.74, 6) is 6.25. The Morgan fingerprint density at radius 2 is 2.25 bits per heavy atom. The topological polar surface area (TPSA) is 66.6 Å². The van der Waals surface area contributed by atoms with E-state index in [9.17, 15) is 4.79 Å². The van der Waals surface area contributed by atoms with Crippen LogP contribution < -0.4 is 5.73 Å². The summed E-state index contributed by atoms with van der Waals surface area (Å²) in [5.41, 5.74) is 6.40. The Labute approximate surface area is 123 Å². The van der Waals surface area contributed by atoms with Crippen LogP contribution in [0, 0.1) is 24.7 Å². The van der Waals surface area contributed by atoms with Gasteiger partial charge < -0.3 is 15.7 Å². The number of amides is 1. The van der Waals surface area contributed by atoms with Crippen LogP contribution in [0.5, 0.6) is 0 Å². The van der Waals surface area contributed by atoms with Crippen LogP contribution in [0.25, 0.3) is 0 Å². The molecule has 2 heterocycles. The molecule has 0 spiro atoms. The van der Waals surface area contributed by atoms with Crippen LogP contribution in [-0.4, -0.2) is 42.2 Å². The molecule has 0 unspecified atom stereocenters. The minimum Gasteiger partial charge on any atom is -0.396 e. The second-order valence-corrected chi connectivity index (χ2v) is 6.10. The Morgan fingerprint density at radius 3 is 2.85 bits per heavy atom. The van der Waals surface area contributed by atoms with Crippen molar-refractivity contribution < 1.29 is 9.90 Å². The lowest BCUT2D eigenvalue weighted by atomic mass is 9.98. The van der Waals surface area contributed by atoms with Crippen molar-refractivity contribution in [2.45, 2.75) is 19.8 Å². The first-order valence-corrected chi connectivity index (χ1v) is 7.67. The molecule has 0 radical (unpaired) electrons. The number of carbonyl (C=O) groups excluding carboxylic acids is 1. The molecule has 1 fully saturated rings. The molecule has 1 saturated heterocycles. The van der Waals surface area contributed by atoms with Gasteiger partial charge in [0.2, 0.25) is 0 Å². The van der Waals surface area contributed by atoms with E-state index in [1.165, 1.54) is 11.3 Å². The number of thiophene rings is 1. The number of nitrogens with two attached hydrogens (primary N) is 1. The standard InChI is InChI=1S/C15H20N2O2S/c1-11-9-14(20-13(11)3-2-6-16)15(19)17-7-4-12(10-18)5-8-17/h9,12,18H,4-8,10,16H2,1H3. The molecule has 1 aliphatic rings. The molecule has 1 amide bonds. The third kappa shape index (κ3) is 3.40. The van der Waals surface area contributed by atoms with E-state index in [-0.39, 0.29) is 12.5 Å². The Balaban J connectivity index is 2.06. The number of nitrogens with zero attached hydrogens (tertiary/aromatic N) is 1. The molecule has 20 heavy (non-hydrogen) atoms. The maximum Gasteiger partial charge on any atom is 0.263 e. The van der Waals surface area contributed by atoms with Crippen molar-refractivity contribution in [1.82, 2.24) is 4.90 Å². The minimum absolute atomic E-state index is 0.0790. The van der Waals surface area contributed by atoms with Gasteiger partial charge in [-0.1, -0.05) is 11.8 Å². The van der Waals surface area contributed by atoms with Crippen molar-refractivity contribution in [2.75, 3.05) is 26.2 Å². The third-order valence-corrected chi connectivity index (χ3v) is 4.73. The van der Waals surface area contributed by atoms with Crippen molar-refractivity contribution in [3.8, 4) is 11.8 Å². The zero-order chi connectivity index (χ0) is 14.5. The molecule has 0 saturated carbocycles. The largest absolute Gasteiger partial charge is 0.396 e. The second-order valence-electron chi connectivity index (χ2n) is 5.05. The highest BCUT2D eigenvalue weighted by molar-refractivity contribution is 7.14. The first-order chi connectivity index (χ1) is 9.65. The van der Waals surface area contributed by atoms with E-state index in [0.29, 0.717) is 12.5 Å². The van der Waals surface area contributed by atoms with Gasteiger partial charge in [-0.05, 0) is 37.3 Å². The molecule has 1 aromatic rings. The normalized spacial score (nSPS) is 15.8. The highest BCUT2D eigenvalue weighted by atomic mass is 32.1. The van der Waals surface area contributed by atoms with E-state index < -0.39 is 0 Å². The molecule has 0 aromatic carbocycles. The number of carbonyl (C=O) groups is 1. The first kappa shape index (κ1) is 15.0. The van der Waals surface area contributed by atoms with Gasteiger partial charge in [-0.15, -0.1) is 11.3 Å². The average molecular weight is 292 g/mol. The SMILES string of the molecule is Cc1cc(C(=O)N2CCC(CO)CC2)sc1C#CCN. The minimum atomic E-state index is 0.0790. The Hall–Kier alpha value is -1.35. The Bertz CT molecular complexity index is 534. The van der Waals surface area contributed by atoms with Crippen molar-refractivity contribution in [3.63, 3.8) is 0 Å². The molecule has 0 aliphatic carbocycles. The lowest BCUT2D eigenvalue weighted by Crippen LogP contribution is -2.38. The van der Waals surface area contributed by atoms with Gasteiger partial charge in [0.1, 0.15) is 0 Å². The summed E-state index contributed by atoms with van der Waals surface area (Å²) in [6.45, 7) is 3.97. The fraction of sp³-hybridized carbons (Fsp3) is 0.533. The summed E-state index contributed by atoms with van der Waals surface area (Å²) in [6, 6.07) is 1.91. The number of piperidine rings is 1. The smallest absolute Gasteiger partial charge is 0.263 e. The Morgan fingerprint density at radius 1 is 1.55 bits per heavy atom. The van der Waals surface area contributed by atoms with Crippen molar-refractivity contribution >= 4 is 17.2 Å². The highest BCUT2D eigenvalue weighted by Gasteiger charge is 2.24. The van der Waals surface area contributed by atoms with Gasteiger partial charge in [-0.2, -0.15) is 0 Å². The quantitative estimate of drug-likeness (QED) is 0.805. The van der Waals surface area contributed by atoms with Crippen LogP contribution in [-0.2, 0) is 0 Å². The van der Waals surface area contributed by atoms with E-state index in [1.54, 1.807) is 0 Å². The van der Waals surface area contributed by atoms with E-state index in [1.807, 2.05) is 17.9 Å². The van der Waals surface area contributed by atoms with Crippen LogP contribution >= 0.6 is 11.3 Å². The van der Waals surface area contributed by atoms with Crippen molar-refractivity contribution in [3.05, 3.63) is 21.4 Å². The van der Waals surface area contributed by atoms with E-state index in [0.717, 1.165) is 41.2 Å². The first-order valence-electron chi connectivity index (χ1n) is 6.85. The summed E-state index contributed by atoms with van der Waals surface area (Å²) in [7, 11) is 0. The predicted octanol–water partition coefficient (Wildman–Crippen LogP) is 1.21. The molecule has 3 N–H and O–H groups in total. The number of hydrogen-bond acceptors (Lipinski definition) is 4. The maximum absolute atomic E-state index is 12.4. The summed E-state index contributed by atoms with van der Waals surface area (Å²) in [4.78, 5) is 16.0. The molecule has 4 nitrogen and oxygen atoms in total. The fourth-order valence-corrected chi connectivity index (χ4v) is 3.33. The van der Waals surface area contributed by atoms with Crippen molar-refractivity contribution in [2.24, 2.45) is 11.7 Å². The number of aryl methyl sites for hydroxylation is 1. The van der Waals surface area contributed by atoms with Crippen LogP contribution in [0.4, 0.5) is 0 Å². The molecule has 108 valence electrons. The molecule has 1 aliphatic heterocycles. The van der Waals surface area contributed by atoms with E-state index in [4.69, 9.17) is 10.8 Å². The highest BCUT2D eigenvalue weighted by Crippen LogP contribution is 2.25. The molecule has 5 heteroatoms. The summed E-state index contributed by atoms with van der Waals surface area (Å²) >= 11 is 1.44. The molecule has 2 rings (SSSR count). The fourth-order valence-electron chi connectivity index (χ4n) is 2.32. The van der Waals surface area contributed by atoms with Crippen LogP contribution in [0.3, 0.4) is 0 Å². The average Bonchev–Trinajstić information content (AvgIpc) is 2.85. The van der Waals surface area contributed by atoms with Gasteiger partial charge in [-0.25, -0.2) is 0 Å². The van der Waals surface area contributed by atoms with Gasteiger partial charge in [0, 0.05) is 19.7 Å².